The number of aromatic carboxylic acids is 1. The number of carboxylic acids is 1. The van der Waals surface area contributed by atoms with Crippen molar-refractivity contribution in [3.63, 3.8) is 0 Å². The summed E-state index contributed by atoms with van der Waals surface area (Å²) in [4.78, 5) is 10.7. The van der Waals surface area contributed by atoms with Gasteiger partial charge in [-0.1, -0.05) is 11.6 Å². The van der Waals surface area contributed by atoms with Gasteiger partial charge in [0.25, 0.3) is 10.0 Å². The number of benzene rings is 2. The summed E-state index contributed by atoms with van der Waals surface area (Å²) < 4.78 is 31.8. The third kappa shape index (κ3) is 3.49. The predicted molar refractivity (Wildman–Crippen MR) is 79.6 cm³/mol. The maximum absolute atomic E-state index is 12.2. The van der Waals surface area contributed by atoms with Crippen LogP contribution in [-0.4, -0.2) is 21.5 Å². The summed E-state index contributed by atoms with van der Waals surface area (Å²) >= 11 is 5.68. The van der Waals surface area contributed by atoms with E-state index in [1.807, 2.05) is 0 Å². The highest BCUT2D eigenvalue weighted by Crippen LogP contribution is 2.23. The SMILES string of the molecule is COc1ccc(NS(=O)(=O)c2ccc(Cl)c(C(=O)[O-])c2)cc1. The maximum Gasteiger partial charge on any atom is 0.261 e. The molecule has 2 aromatic rings. The van der Waals surface area contributed by atoms with Crippen molar-refractivity contribution in [2.75, 3.05) is 11.8 Å². The fourth-order valence-corrected chi connectivity index (χ4v) is 2.98. The Hall–Kier alpha value is -2.25. The highest BCUT2D eigenvalue weighted by Gasteiger charge is 2.16. The van der Waals surface area contributed by atoms with Crippen molar-refractivity contribution in [1.29, 1.82) is 0 Å². The number of nitrogens with one attached hydrogen (secondary N) is 1. The fourth-order valence-electron chi connectivity index (χ4n) is 1.70. The van der Waals surface area contributed by atoms with Gasteiger partial charge in [0.2, 0.25) is 0 Å². The second kappa shape index (κ2) is 6.25. The molecule has 0 saturated heterocycles. The quantitative estimate of drug-likeness (QED) is 0.890. The normalized spacial score (nSPS) is 11.0. The Labute approximate surface area is 132 Å². The van der Waals surface area contributed by atoms with Crippen LogP contribution in [0.4, 0.5) is 5.69 Å². The van der Waals surface area contributed by atoms with Crippen molar-refractivity contribution in [3.05, 3.63) is 53.1 Å². The van der Waals surface area contributed by atoms with Crippen LogP contribution in [-0.2, 0) is 10.0 Å². The van der Waals surface area contributed by atoms with E-state index in [0.717, 1.165) is 6.07 Å². The molecule has 2 aromatic carbocycles. The third-order valence-corrected chi connectivity index (χ3v) is 4.52. The van der Waals surface area contributed by atoms with Gasteiger partial charge in [-0.15, -0.1) is 0 Å². The lowest BCUT2D eigenvalue weighted by Crippen LogP contribution is -2.23. The Morgan fingerprint density at radius 1 is 1.18 bits per heavy atom. The van der Waals surface area contributed by atoms with Crippen LogP contribution in [0.1, 0.15) is 10.4 Å². The molecular weight excluding hydrogens is 330 g/mol. The third-order valence-electron chi connectivity index (χ3n) is 2.81. The van der Waals surface area contributed by atoms with E-state index in [1.165, 1.54) is 31.4 Å². The van der Waals surface area contributed by atoms with Crippen molar-refractivity contribution in [3.8, 4) is 5.75 Å². The molecule has 22 heavy (non-hydrogen) atoms. The first-order valence-corrected chi connectivity index (χ1v) is 7.87. The standard InChI is InChI=1S/C14H12ClNO5S/c1-21-10-4-2-9(3-5-10)16-22(19,20)11-6-7-13(15)12(8-11)14(17)18/h2-8,16H,1H3,(H,17,18)/p-1. The Kier molecular flexibility index (Phi) is 4.58. The van der Waals surface area contributed by atoms with E-state index < -0.39 is 16.0 Å². The molecule has 0 unspecified atom stereocenters. The number of hydrogen-bond acceptors (Lipinski definition) is 5. The fraction of sp³-hybridized carbons (Fsp3) is 0.0714. The van der Waals surface area contributed by atoms with Crippen LogP contribution >= 0.6 is 11.6 Å². The van der Waals surface area contributed by atoms with Crippen molar-refractivity contribution < 1.29 is 23.1 Å². The first kappa shape index (κ1) is 16.1. The van der Waals surface area contributed by atoms with Gasteiger partial charge in [-0.3, -0.25) is 4.72 Å². The van der Waals surface area contributed by atoms with Gasteiger partial charge in [0, 0.05) is 16.3 Å². The summed E-state index contributed by atoms with van der Waals surface area (Å²) in [7, 11) is -2.45. The van der Waals surface area contributed by atoms with Gasteiger partial charge in [-0.25, -0.2) is 8.42 Å². The molecule has 0 saturated carbocycles. The molecule has 0 aliphatic heterocycles. The van der Waals surface area contributed by atoms with Gasteiger partial charge in [-0.05, 0) is 42.5 Å². The summed E-state index contributed by atoms with van der Waals surface area (Å²) in [5.74, 6) is -0.972. The molecule has 6 nitrogen and oxygen atoms in total. The molecule has 0 aromatic heterocycles. The molecule has 0 bridgehead atoms. The second-order valence-electron chi connectivity index (χ2n) is 4.26. The van der Waals surface area contributed by atoms with Crippen molar-refractivity contribution in [1.82, 2.24) is 0 Å². The number of sulfonamides is 1. The van der Waals surface area contributed by atoms with E-state index in [-0.39, 0.29) is 15.5 Å². The van der Waals surface area contributed by atoms with E-state index in [0.29, 0.717) is 11.4 Å². The Balaban J connectivity index is 2.33. The van der Waals surface area contributed by atoms with E-state index >= 15 is 0 Å². The van der Waals surface area contributed by atoms with E-state index in [4.69, 9.17) is 16.3 Å². The number of hydrogen-bond donors (Lipinski definition) is 1. The van der Waals surface area contributed by atoms with E-state index in [9.17, 15) is 18.3 Å². The molecule has 8 heteroatoms. The lowest BCUT2D eigenvalue weighted by molar-refractivity contribution is -0.255. The first-order valence-electron chi connectivity index (χ1n) is 6.01. The Morgan fingerprint density at radius 2 is 1.82 bits per heavy atom. The number of ether oxygens (including phenoxy) is 1. The first-order chi connectivity index (χ1) is 10.3. The van der Waals surface area contributed by atoms with Crippen molar-refractivity contribution in [2.24, 2.45) is 0 Å². The summed E-state index contributed by atoms with van der Waals surface area (Å²) in [6, 6.07) is 9.57. The number of carbonyl (C=O) groups excluding carboxylic acids is 1. The lowest BCUT2D eigenvalue weighted by atomic mass is 10.2. The number of methoxy groups -OCH3 is 1. The topological polar surface area (TPSA) is 95.5 Å². The van der Waals surface area contributed by atoms with E-state index in [1.54, 1.807) is 12.1 Å². The predicted octanol–water partition coefficient (Wildman–Crippen LogP) is 1.51. The number of carboxylic acid groups (broad SMARTS) is 1. The average molecular weight is 341 g/mol. The Morgan fingerprint density at radius 3 is 2.36 bits per heavy atom. The van der Waals surface area contributed by atoms with E-state index in [2.05, 4.69) is 4.72 Å². The van der Waals surface area contributed by atoms with Crippen molar-refractivity contribution >= 4 is 33.3 Å². The summed E-state index contributed by atoms with van der Waals surface area (Å²) in [6.45, 7) is 0. The molecule has 0 amide bonds. The van der Waals surface area contributed by atoms with Gasteiger partial charge in [0.15, 0.2) is 0 Å². The van der Waals surface area contributed by atoms with Crippen LogP contribution in [0.3, 0.4) is 0 Å². The molecule has 0 atom stereocenters. The van der Waals surface area contributed by atoms with Crippen molar-refractivity contribution in [2.45, 2.75) is 4.90 Å². The number of halogens is 1. The minimum absolute atomic E-state index is 0.0941. The molecule has 0 radical (unpaired) electrons. The number of carbonyl (C=O) groups is 1. The van der Waals surface area contributed by atoms with Gasteiger partial charge >= 0.3 is 0 Å². The monoisotopic (exact) mass is 340 g/mol. The summed E-state index contributed by atoms with van der Waals surface area (Å²) in [5.41, 5.74) is -0.0787. The van der Waals surface area contributed by atoms with Gasteiger partial charge in [0.05, 0.1) is 18.0 Å². The van der Waals surface area contributed by atoms with Crippen LogP contribution in [0.15, 0.2) is 47.4 Å². The zero-order valence-corrected chi connectivity index (χ0v) is 12.9. The maximum atomic E-state index is 12.2. The minimum Gasteiger partial charge on any atom is -0.545 e. The van der Waals surface area contributed by atoms with Gasteiger partial charge in [0.1, 0.15) is 5.75 Å². The summed E-state index contributed by atoms with van der Waals surface area (Å²) in [6.07, 6.45) is 0. The molecule has 0 heterocycles. The second-order valence-corrected chi connectivity index (χ2v) is 6.35. The van der Waals surface area contributed by atoms with Crippen LogP contribution in [0.5, 0.6) is 5.75 Å². The zero-order valence-electron chi connectivity index (χ0n) is 11.4. The van der Waals surface area contributed by atoms with Crippen LogP contribution in [0, 0.1) is 0 Å². The Bertz CT molecular complexity index is 802. The van der Waals surface area contributed by atoms with Crippen LogP contribution < -0.4 is 14.6 Å². The van der Waals surface area contributed by atoms with Crippen LogP contribution in [0.2, 0.25) is 5.02 Å². The molecule has 0 fully saturated rings. The summed E-state index contributed by atoms with van der Waals surface area (Å²) in [5, 5.41) is 10.8. The zero-order chi connectivity index (χ0) is 16.3. The highest BCUT2D eigenvalue weighted by atomic mass is 35.5. The van der Waals surface area contributed by atoms with Crippen LogP contribution in [0.25, 0.3) is 0 Å². The minimum atomic E-state index is -3.95. The molecule has 0 aliphatic rings. The molecule has 116 valence electrons. The molecular formula is C14H11ClNO5S-. The van der Waals surface area contributed by atoms with Gasteiger partial charge in [-0.2, -0.15) is 0 Å². The average Bonchev–Trinajstić information content (AvgIpc) is 2.47. The van der Waals surface area contributed by atoms with Gasteiger partial charge < -0.3 is 14.6 Å². The smallest absolute Gasteiger partial charge is 0.261 e. The largest absolute Gasteiger partial charge is 0.545 e. The molecule has 2 rings (SSSR count). The lowest BCUT2D eigenvalue weighted by Gasteiger charge is -2.11. The number of rotatable bonds is 5. The highest BCUT2D eigenvalue weighted by molar-refractivity contribution is 7.92. The molecule has 0 spiro atoms. The molecule has 1 N–H and O–H groups in total. The molecule has 0 aliphatic carbocycles. The number of anilines is 1.